The predicted octanol–water partition coefficient (Wildman–Crippen LogP) is 4.38. The molecule has 1 aromatic heterocycles. The lowest BCUT2D eigenvalue weighted by Crippen LogP contribution is -2.19. The van der Waals surface area contributed by atoms with Crippen LogP contribution in [0.5, 0.6) is 5.75 Å². The van der Waals surface area contributed by atoms with Crippen molar-refractivity contribution in [3.8, 4) is 11.4 Å². The molecule has 2 amide bonds. The average molecular weight is 413 g/mol. The van der Waals surface area contributed by atoms with Crippen molar-refractivity contribution in [2.75, 3.05) is 17.7 Å². The number of carbonyl (C=O) groups is 2. The van der Waals surface area contributed by atoms with Gasteiger partial charge in [-0.15, -0.1) is 0 Å². The summed E-state index contributed by atoms with van der Waals surface area (Å²) in [6, 6.07) is 15.7. The SMILES string of the molecule is COc1ccc(NC(=O)c2cc(NC(=O)C(C)C)n(-c3ccccc3)n2)cc1Cl. The number of carbonyl (C=O) groups excluding carboxylic acids is 2. The van der Waals surface area contributed by atoms with Crippen LogP contribution >= 0.6 is 11.6 Å². The van der Waals surface area contributed by atoms with Gasteiger partial charge < -0.3 is 15.4 Å². The van der Waals surface area contributed by atoms with E-state index in [1.807, 2.05) is 30.3 Å². The molecule has 0 aliphatic carbocycles. The van der Waals surface area contributed by atoms with Gasteiger partial charge in [0.25, 0.3) is 5.91 Å². The molecule has 0 radical (unpaired) electrons. The normalized spacial score (nSPS) is 10.7. The molecule has 0 saturated carbocycles. The molecule has 8 heteroatoms. The Labute approximate surface area is 173 Å². The lowest BCUT2D eigenvalue weighted by Gasteiger charge is -2.10. The van der Waals surface area contributed by atoms with E-state index in [-0.39, 0.29) is 17.5 Å². The standard InChI is InChI=1S/C21H21ClN4O3/c1-13(2)20(27)24-19-12-17(25-26(19)15-7-5-4-6-8-15)21(28)23-14-9-10-18(29-3)16(22)11-14/h4-13H,1-3H3,(H,23,28)(H,24,27). The summed E-state index contributed by atoms with van der Waals surface area (Å²) in [5, 5.41) is 10.3. The molecule has 2 aromatic carbocycles. The molecule has 0 saturated heterocycles. The van der Waals surface area contributed by atoms with Crippen molar-refractivity contribution in [3.63, 3.8) is 0 Å². The molecule has 1 heterocycles. The van der Waals surface area contributed by atoms with Gasteiger partial charge in [-0.3, -0.25) is 9.59 Å². The number of hydrogen-bond acceptors (Lipinski definition) is 4. The molecule has 7 nitrogen and oxygen atoms in total. The van der Waals surface area contributed by atoms with Crippen LogP contribution in [0.3, 0.4) is 0 Å². The zero-order valence-corrected chi connectivity index (χ0v) is 17.0. The quantitative estimate of drug-likeness (QED) is 0.629. The minimum absolute atomic E-state index is 0.153. The highest BCUT2D eigenvalue weighted by Crippen LogP contribution is 2.27. The Hall–Kier alpha value is -3.32. The van der Waals surface area contributed by atoms with Gasteiger partial charge in [-0.05, 0) is 30.3 Å². The Kier molecular flexibility index (Phi) is 6.19. The zero-order chi connectivity index (χ0) is 21.0. The molecule has 3 rings (SSSR count). The van der Waals surface area contributed by atoms with E-state index in [0.717, 1.165) is 5.69 Å². The smallest absolute Gasteiger partial charge is 0.276 e. The molecule has 0 aliphatic heterocycles. The van der Waals surface area contributed by atoms with Gasteiger partial charge in [-0.1, -0.05) is 43.6 Å². The summed E-state index contributed by atoms with van der Waals surface area (Å²) in [7, 11) is 1.52. The summed E-state index contributed by atoms with van der Waals surface area (Å²) in [5.74, 6) is 0.106. The topological polar surface area (TPSA) is 85.3 Å². The number of rotatable bonds is 6. The highest BCUT2D eigenvalue weighted by Gasteiger charge is 2.18. The first-order valence-corrected chi connectivity index (χ1v) is 9.38. The van der Waals surface area contributed by atoms with Gasteiger partial charge in [0.2, 0.25) is 5.91 Å². The van der Waals surface area contributed by atoms with Crippen molar-refractivity contribution in [1.29, 1.82) is 0 Å². The highest BCUT2D eigenvalue weighted by atomic mass is 35.5. The van der Waals surface area contributed by atoms with E-state index >= 15 is 0 Å². The molecule has 2 N–H and O–H groups in total. The molecule has 0 fully saturated rings. The Morgan fingerprint density at radius 2 is 1.79 bits per heavy atom. The highest BCUT2D eigenvalue weighted by molar-refractivity contribution is 6.32. The van der Waals surface area contributed by atoms with E-state index < -0.39 is 5.91 Å². The zero-order valence-electron chi connectivity index (χ0n) is 16.3. The third-order valence-corrected chi connectivity index (χ3v) is 4.42. The summed E-state index contributed by atoms with van der Waals surface area (Å²) in [5.41, 5.74) is 1.38. The Bertz CT molecular complexity index is 1030. The van der Waals surface area contributed by atoms with Gasteiger partial charge in [-0.2, -0.15) is 5.10 Å². The average Bonchev–Trinajstić information content (AvgIpc) is 3.12. The summed E-state index contributed by atoms with van der Waals surface area (Å²) >= 11 is 6.11. The van der Waals surface area contributed by atoms with Crippen LogP contribution in [0.1, 0.15) is 24.3 Å². The maximum atomic E-state index is 12.7. The molecular formula is C21H21ClN4O3. The fourth-order valence-electron chi connectivity index (χ4n) is 2.56. The number of nitrogens with zero attached hydrogens (tertiary/aromatic N) is 2. The van der Waals surface area contributed by atoms with Crippen LogP contribution in [0.15, 0.2) is 54.6 Å². The van der Waals surface area contributed by atoms with Crippen molar-refractivity contribution < 1.29 is 14.3 Å². The molecule has 0 spiro atoms. The largest absolute Gasteiger partial charge is 0.495 e. The van der Waals surface area contributed by atoms with Crippen LogP contribution in [0.2, 0.25) is 5.02 Å². The second-order valence-corrected chi connectivity index (χ2v) is 7.02. The molecule has 3 aromatic rings. The van der Waals surface area contributed by atoms with Gasteiger partial charge in [0.05, 0.1) is 17.8 Å². The number of amides is 2. The first-order chi connectivity index (χ1) is 13.9. The first kappa shape index (κ1) is 20.4. The minimum atomic E-state index is -0.430. The van der Waals surface area contributed by atoms with Gasteiger partial charge in [0, 0.05) is 17.7 Å². The Morgan fingerprint density at radius 1 is 1.07 bits per heavy atom. The summed E-state index contributed by atoms with van der Waals surface area (Å²) in [6.45, 7) is 3.58. The third-order valence-electron chi connectivity index (χ3n) is 4.13. The first-order valence-electron chi connectivity index (χ1n) is 9.00. The van der Waals surface area contributed by atoms with Crippen LogP contribution in [0, 0.1) is 5.92 Å². The van der Waals surface area contributed by atoms with Crippen LogP contribution in [0.4, 0.5) is 11.5 Å². The lowest BCUT2D eigenvalue weighted by molar-refractivity contribution is -0.118. The lowest BCUT2D eigenvalue weighted by atomic mass is 10.2. The fraction of sp³-hybridized carbons (Fsp3) is 0.190. The van der Waals surface area contributed by atoms with Crippen LogP contribution in [0.25, 0.3) is 5.69 Å². The summed E-state index contributed by atoms with van der Waals surface area (Å²) in [6.07, 6.45) is 0. The van der Waals surface area contributed by atoms with Gasteiger partial charge in [0.1, 0.15) is 11.6 Å². The molecule has 0 atom stereocenters. The van der Waals surface area contributed by atoms with Crippen molar-refractivity contribution in [2.24, 2.45) is 5.92 Å². The van der Waals surface area contributed by atoms with Crippen molar-refractivity contribution in [2.45, 2.75) is 13.8 Å². The monoisotopic (exact) mass is 412 g/mol. The maximum Gasteiger partial charge on any atom is 0.276 e. The maximum absolute atomic E-state index is 12.7. The van der Waals surface area contributed by atoms with Crippen LogP contribution < -0.4 is 15.4 Å². The van der Waals surface area contributed by atoms with Gasteiger partial charge in [0.15, 0.2) is 5.69 Å². The van der Waals surface area contributed by atoms with Crippen molar-refractivity contribution in [1.82, 2.24) is 9.78 Å². The van der Waals surface area contributed by atoms with Crippen LogP contribution in [-0.2, 0) is 4.79 Å². The van der Waals surface area contributed by atoms with Gasteiger partial charge >= 0.3 is 0 Å². The number of anilines is 2. The van der Waals surface area contributed by atoms with E-state index in [4.69, 9.17) is 16.3 Å². The Balaban J connectivity index is 1.90. The number of aromatic nitrogens is 2. The number of hydrogen-bond donors (Lipinski definition) is 2. The molecular weight excluding hydrogens is 392 g/mol. The molecule has 150 valence electrons. The van der Waals surface area contributed by atoms with E-state index in [2.05, 4.69) is 15.7 Å². The molecule has 0 bridgehead atoms. The molecule has 29 heavy (non-hydrogen) atoms. The number of nitrogens with one attached hydrogen (secondary N) is 2. The number of ether oxygens (including phenoxy) is 1. The fourth-order valence-corrected chi connectivity index (χ4v) is 2.81. The number of methoxy groups -OCH3 is 1. The number of para-hydroxylation sites is 1. The van der Waals surface area contributed by atoms with Crippen LogP contribution in [-0.4, -0.2) is 28.7 Å². The van der Waals surface area contributed by atoms with Crippen molar-refractivity contribution in [3.05, 3.63) is 65.3 Å². The predicted molar refractivity (Wildman–Crippen MR) is 113 cm³/mol. The second kappa shape index (κ2) is 8.79. The summed E-state index contributed by atoms with van der Waals surface area (Å²) < 4.78 is 6.64. The van der Waals surface area contributed by atoms with E-state index in [9.17, 15) is 9.59 Å². The van der Waals surface area contributed by atoms with E-state index in [1.54, 1.807) is 32.0 Å². The number of halogens is 1. The van der Waals surface area contributed by atoms with Crippen molar-refractivity contribution >= 4 is 34.9 Å². The molecule has 0 unspecified atom stereocenters. The second-order valence-electron chi connectivity index (χ2n) is 6.61. The Morgan fingerprint density at radius 3 is 2.41 bits per heavy atom. The molecule has 0 aliphatic rings. The number of benzene rings is 2. The summed E-state index contributed by atoms with van der Waals surface area (Å²) in [4.78, 5) is 24.9. The van der Waals surface area contributed by atoms with Gasteiger partial charge in [-0.25, -0.2) is 4.68 Å². The van der Waals surface area contributed by atoms with E-state index in [0.29, 0.717) is 22.3 Å². The van der Waals surface area contributed by atoms with E-state index in [1.165, 1.54) is 17.9 Å². The minimum Gasteiger partial charge on any atom is -0.495 e. The third kappa shape index (κ3) is 4.75.